The van der Waals surface area contributed by atoms with Crippen molar-refractivity contribution in [2.45, 2.75) is 31.7 Å². The van der Waals surface area contributed by atoms with Crippen molar-refractivity contribution in [1.82, 2.24) is 4.90 Å². The highest BCUT2D eigenvalue weighted by atomic mass is 16.3. The van der Waals surface area contributed by atoms with Crippen LogP contribution in [0.15, 0.2) is 24.3 Å². The minimum Gasteiger partial charge on any atom is -0.394 e. The van der Waals surface area contributed by atoms with Gasteiger partial charge in [-0.15, -0.1) is 0 Å². The van der Waals surface area contributed by atoms with Gasteiger partial charge < -0.3 is 10.0 Å². The molecule has 1 aliphatic heterocycles. The molecule has 2 rings (SSSR count). The molecule has 0 saturated carbocycles. The van der Waals surface area contributed by atoms with Gasteiger partial charge in [0.05, 0.1) is 12.1 Å². The van der Waals surface area contributed by atoms with Gasteiger partial charge in [-0.2, -0.15) is 0 Å². The second-order valence-corrected chi connectivity index (χ2v) is 5.82. The minimum atomic E-state index is -0.0956. The first-order chi connectivity index (χ1) is 9.11. The number of aliphatic hydroxyl groups is 1. The van der Waals surface area contributed by atoms with Crippen LogP contribution in [0.5, 0.6) is 0 Å². The molecule has 1 aliphatic rings. The second-order valence-electron chi connectivity index (χ2n) is 5.82. The van der Waals surface area contributed by atoms with Gasteiger partial charge in [-0.1, -0.05) is 19.1 Å². The van der Waals surface area contributed by atoms with Crippen LogP contribution in [0.4, 0.5) is 5.69 Å². The van der Waals surface area contributed by atoms with Crippen LogP contribution < -0.4 is 4.90 Å². The molecule has 3 heteroatoms. The number of likely N-dealkylation sites (N-methyl/N-ethyl adjacent to an activating group) is 1. The Morgan fingerprint density at radius 1 is 1.26 bits per heavy atom. The van der Waals surface area contributed by atoms with Crippen molar-refractivity contribution in [2.75, 3.05) is 38.7 Å². The zero-order valence-electron chi connectivity index (χ0n) is 12.4. The van der Waals surface area contributed by atoms with Crippen LogP contribution in [-0.2, 0) is 6.42 Å². The molecule has 0 aliphatic carbocycles. The van der Waals surface area contributed by atoms with E-state index >= 15 is 0 Å². The zero-order valence-corrected chi connectivity index (χ0v) is 12.4. The van der Waals surface area contributed by atoms with E-state index in [-0.39, 0.29) is 12.1 Å². The molecule has 1 saturated heterocycles. The standard InChI is InChI=1S/C16H26N2O/c1-4-14-6-8-15(9-7-14)18-11-5-10-16(12-18,13-19)17(2)3/h6-9,19H,4-5,10-13H2,1-3H3. The van der Waals surface area contributed by atoms with Gasteiger partial charge in [-0.05, 0) is 51.1 Å². The van der Waals surface area contributed by atoms with Gasteiger partial charge in [-0.25, -0.2) is 0 Å². The lowest BCUT2D eigenvalue weighted by Gasteiger charge is -2.46. The topological polar surface area (TPSA) is 26.7 Å². The van der Waals surface area contributed by atoms with Crippen LogP contribution in [0.3, 0.4) is 0 Å². The van der Waals surface area contributed by atoms with Crippen molar-refractivity contribution >= 4 is 5.69 Å². The molecule has 1 aromatic rings. The Morgan fingerprint density at radius 2 is 1.95 bits per heavy atom. The first-order valence-electron chi connectivity index (χ1n) is 7.23. The molecule has 0 bridgehead atoms. The quantitative estimate of drug-likeness (QED) is 0.900. The number of benzene rings is 1. The average Bonchev–Trinajstić information content (AvgIpc) is 2.47. The molecule has 106 valence electrons. The van der Waals surface area contributed by atoms with E-state index in [1.165, 1.54) is 11.3 Å². The van der Waals surface area contributed by atoms with E-state index in [2.05, 4.69) is 55.1 Å². The van der Waals surface area contributed by atoms with Gasteiger partial charge in [0.2, 0.25) is 0 Å². The molecule has 0 aromatic heterocycles. The summed E-state index contributed by atoms with van der Waals surface area (Å²) in [6.45, 7) is 4.39. The van der Waals surface area contributed by atoms with Gasteiger partial charge in [-0.3, -0.25) is 4.90 Å². The van der Waals surface area contributed by atoms with Gasteiger partial charge in [0.25, 0.3) is 0 Å². The summed E-state index contributed by atoms with van der Waals surface area (Å²) in [4.78, 5) is 4.58. The van der Waals surface area contributed by atoms with Crippen molar-refractivity contribution < 1.29 is 5.11 Å². The molecule has 1 unspecified atom stereocenters. The molecular formula is C16H26N2O. The summed E-state index contributed by atoms with van der Waals surface area (Å²) in [6.07, 6.45) is 3.28. The molecule has 1 atom stereocenters. The summed E-state index contributed by atoms with van der Waals surface area (Å²) in [6, 6.07) is 8.84. The van der Waals surface area contributed by atoms with E-state index < -0.39 is 0 Å². The van der Waals surface area contributed by atoms with E-state index in [1.54, 1.807) is 0 Å². The van der Waals surface area contributed by atoms with Gasteiger partial charge in [0, 0.05) is 18.8 Å². The van der Waals surface area contributed by atoms with Gasteiger partial charge in [0.1, 0.15) is 0 Å². The summed E-state index contributed by atoms with van der Waals surface area (Å²) in [7, 11) is 4.14. The second kappa shape index (κ2) is 5.93. The number of anilines is 1. The summed E-state index contributed by atoms with van der Waals surface area (Å²) < 4.78 is 0. The maximum absolute atomic E-state index is 9.79. The lowest BCUT2D eigenvalue weighted by Crippen LogP contribution is -2.58. The third-order valence-electron chi connectivity index (χ3n) is 4.51. The lowest BCUT2D eigenvalue weighted by atomic mass is 9.88. The Morgan fingerprint density at radius 3 is 2.47 bits per heavy atom. The molecule has 1 N–H and O–H groups in total. The number of aliphatic hydroxyl groups excluding tert-OH is 1. The summed E-state index contributed by atoms with van der Waals surface area (Å²) in [5, 5.41) is 9.79. The van der Waals surface area contributed by atoms with Crippen LogP contribution in [0.1, 0.15) is 25.3 Å². The smallest absolute Gasteiger partial charge is 0.0632 e. The number of hydrogen-bond donors (Lipinski definition) is 1. The highest BCUT2D eigenvalue weighted by molar-refractivity contribution is 5.48. The molecular weight excluding hydrogens is 236 g/mol. The van der Waals surface area contributed by atoms with Crippen molar-refractivity contribution in [2.24, 2.45) is 0 Å². The first-order valence-corrected chi connectivity index (χ1v) is 7.23. The number of nitrogens with zero attached hydrogens (tertiary/aromatic N) is 2. The molecule has 1 aromatic carbocycles. The Labute approximate surface area is 116 Å². The van der Waals surface area contributed by atoms with Crippen molar-refractivity contribution in [3.63, 3.8) is 0 Å². The molecule has 0 radical (unpaired) electrons. The van der Waals surface area contributed by atoms with Crippen molar-refractivity contribution in [3.05, 3.63) is 29.8 Å². The van der Waals surface area contributed by atoms with Gasteiger partial charge >= 0.3 is 0 Å². The van der Waals surface area contributed by atoms with E-state index in [4.69, 9.17) is 0 Å². The summed E-state index contributed by atoms with van der Waals surface area (Å²) in [5.74, 6) is 0. The number of rotatable bonds is 4. The lowest BCUT2D eigenvalue weighted by molar-refractivity contribution is 0.0547. The maximum atomic E-state index is 9.79. The zero-order chi connectivity index (χ0) is 13.9. The van der Waals surface area contributed by atoms with E-state index in [0.29, 0.717) is 0 Å². The Hall–Kier alpha value is -1.06. The van der Waals surface area contributed by atoms with Gasteiger partial charge in [0.15, 0.2) is 0 Å². The minimum absolute atomic E-state index is 0.0956. The maximum Gasteiger partial charge on any atom is 0.0632 e. The number of aryl methyl sites for hydroxylation is 1. The predicted molar refractivity (Wildman–Crippen MR) is 80.8 cm³/mol. The molecule has 0 amide bonds. The summed E-state index contributed by atoms with van der Waals surface area (Å²) in [5.41, 5.74) is 2.56. The van der Waals surface area contributed by atoms with Crippen molar-refractivity contribution in [1.29, 1.82) is 0 Å². The molecule has 1 heterocycles. The fourth-order valence-corrected chi connectivity index (χ4v) is 2.91. The van der Waals surface area contributed by atoms with E-state index in [0.717, 1.165) is 32.4 Å². The van der Waals surface area contributed by atoms with Crippen LogP contribution in [0.25, 0.3) is 0 Å². The third-order valence-corrected chi connectivity index (χ3v) is 4.51. The number of piperidine rings is 1. The Bertz CT molecular complexity index is 402. The highest BCUT2D eigenvalue weighted by Crippen LogP contribution is 2.29. The first kappa shape index (κ1) is 14.4. The van der Waals surface area contributed by atoms with Crippen LogP contribution in [-0.4, -0.2) is 49.3 Å². The monoisotopic (exact) mass is 262 g/mol. The van der Waals surface area contributed by atoms with Crippen LogP contribution in [0.2, 0.25) is 0 Å². The van der Waals surface area contributed by atoms with Crippen molar-refractivity contribution in [3.8, 4) is 0 Å². The molecule has 0 spiro atoms. The van der Waals surface area contributed by atoms with Crippen LogP contribution >= 0.6 is 0 Å². The Kier molecular flexibility index (Phi) is 4.48. The fraction of sp³-hybridized carbons (Fsp3) is 0.625. The van der Waals surface area contributed by atoms with E-state index in [1.807, 2.05) is 0 Å². The average molecular weight is 262 g/mol. The fourth-order valence-electron chi connectivity index (χ4n) is 2.91. The third kappa shape index (κ3) is 2.93. The molecule has 1 fully saturated rings. The SMILES string of the molecule is CCc1ccc(N2CCCC(CO)(N(C)C)C2)cc1. The normalized spacial score (nSPS) is 23.9. The number of hydrogen-bond acceptors (Lipinski definition) is 3. The summed E-state index contributed by atoms with van der Waals surface area (Å²) >= 11 is 0. The predicted octanol–water partition coefficient (Wildman–Crippen LogP) is 2.14. The highest BCUT2D eigenvalue weighted by Gasteiger charge is 2.36. The van der Waals surface area contributed by atoms with Crippen LogP contribution in [0, 0.1) is 0 Å². The molecule has 3 nitrogen and oxygen atoms in total. The largest absolute Gasteiger partial charge is 0.394 e. The Balaban J connectivity index is 2.16. The van der Waals surface area contributed by atoms with E-state index in [9.17, 15) is 5.11 Å². The molecule has 19 heavy (non-hydrogen) atoms.